The summed E-state index contributed by atoms with van der Waals surface area (Å²) in [5.74, 6) is -3.89. The van der Waals surface area contributed by atoms with Gasteiger partial charge in [0, 0.05) is 17.0 Å². The molecular weight excluding hydrogens is 408 g/mol. The summed E-state index contributed by atoms with van der Waals surface area (Å²) in [5.41, 5.74) is 10.5. The lowest BCUT2D eigenvalue weighted by molar-refractivity contribution is -0.135. The molecule has 0 aliphatic rings. The number of carbonyl (C=O) groups excluding carboxylic acids is 2. The van der Waals surface area contributed by atoms with Crippen molar-refractivity contribution in [1.29, 1.82) is 0 Å². The van der Waals surface area contributed by atoms with E-state index in [0.717, 1.165) is 0 Å². The van der Waals surface area contributed by atoms with Crippen LogP contribution >= 0.6 is 0 Å². The SMILES string of the molecule is COc1ccccc1C(O)(c1ccccc1OC)[C@@H](c1ccccc1)C(C(N)=O)C(N)=O. The van der Waals surface area contributed by atoms with Crippen LogP contribution in [0.25, 0.3) is 0 Å². The fourth-order valence-corrected chi connectivity index (χ4v) is 4.20. The third-order valence-electron chi connectivity index (χ3n) is 5.59. The van der Waals surface area contributed by atoms with Gasteiger partial charge in [-0.25, -0.2) is 0 Å². The molecule has 0 bridgehead atoms. The van der Waals surface area contributed by atoms with E-state index in [1.165, 1.54) is 14.2 Å². The predicted octanol–water partition coefficient (Wildman–Crippen LogP) is 2.31. The quantitative estimate of drug-likeness (QED) is 0.446. The maximum atomic E-state index is 12.6. The van der Waals surface area contributed by atoms with Gasteiger partial charge in [0.1, 0.15) is 23.0 Å². The fourth-order valence-electron chi connectivity index (χ4n) is 4.20. The number of para-hydroxylation sites is 2. The monoisotopic (exact) mass is 434 g/mol. The number of aliphatic hydroxyl groups is 1. The summed E-state index contributed by atoms with van der Waals surface area (Å²) in [6.45, 7) is 0. The molecule has 0 radical (unpaired) electrons. The third kappa shape index (κ3) is 4.02. The van der Waals surface area contributed by atoms with Crippen molar-refractivity contribution in [2.45, 2.75) is 11.5 Å². The van der Waals surface area contributed by atoms with E-state index in [2.05, 4.69) is 0 Å². The third-order valence-corrected chi connectivity index (χ3v) is 5.59. The summed E-state index contributed by atoms with van der Waals surface area (Å²) in [4.78, 5) is 25.0. The van der Waals surface area contributed by atoms with E-state index in [1.54, 1.807) is 78.9 Å². The van der Waals surface area contributed by atoms with E-state index in [4.69, 9.17) is 20.9 Å². The highest BCUT2D eigenvalue weighted by atomic mass is 16.5. The largest absolute Gasteiger partial charge is 0.496 e. The molecule has 32 heavy (non-hydrogen) atoms. The number of carbonyl (C=O) groups is 2. The minimum absolute atomic E-state index is 0.327. The van der Waals surface area contributed by atoms with Crippen LogP contribution in [0.5, 0.6) is 11.5 Å². The van der Waals surface area contributed by atoms with Gasteiger partial charge in [-0.15, -0.1) is 0 Å². The zero-order chi connectivity index (χ0) is 23.3. The number of primary amides is 2. The summed E-state index contributed by atoms with van der Waals surface area (Å²) in [7, 11) is 2.94. The Kier molecular flexibility index (Phi) is 6.80. The Labute approximate surface area is 186 Å². The zero-order valence-electron chi connectivity index (χ0n) is 17.9. The van der Waals surface area contributed by atoms with Gasteiger partial charge in [0.05, 0.1) is 14.2 Å². The molecule has 0 aromatic heterocycles. The molecule has 0 spiro atoms. The summed E-state index contributed by atoms with van der Waals surface area (Å²) in [6.07, 6.45) is 0. The van der Waals surface area contributed by atoms with Crippen molar-refractivity contribution in [2.75, 3.05) is 14.2 Å². The van der Waals surface area contributed by atoms with Crippen LogP contribution < -0.4 is 20.9 Å². The Morgan fingerprint density at radius 2 is 1.16 bits per heavy atom. The smallest absolute Gasteiger partial charge is 0.230 e. The molecule has 0 unspecified atom stereocenters. The lowest BCUT2D eigenvalue weighted by Gasteiger charge is -2.41. The lowest BCUT2D eigenvalue weighted by Crippen LogP contribution is -2.48. The molecule has 0 saturated carbocycles. The van der Waals surface area contributed by atoms with Crippen molar-refractivity contribution in [3.05, 3.63) is 95.6 Å². The van der Waals surface area contributed by atoms with Crippen LogP contribution in [0.1, 0.15) is 22.6 Å². The Bertz CT molecular complexity index is 1040. The second kappa shape index (κ2) is 9.53. The predicted molar refractivity (Wildman–Crippen MR) is 120 cm³/mol. The van der Waals surface area contributed by atoms with Crippen LogP contribution in [0.4, 0.5) is 0 Å². The molecule has 3 aromatic carbocycles. The van der Waals surface area contributed by atoms with Crippen LogP contribution in [0.3, 0.4) is 0 Å². The highest BCUT2D eigenvalue weighted by molar-refractivity contribution is 6.00. The molecule has 166 valence electrons. The number of methoxy groups -OCH3 is 2. The van der Waals surface area contributed by atoms with Crippen LogP contribution in [-0.2, 0) is 15.2 Å². The first-order chi connectivity index (χ1) is 15.4. The van der Waals surface area contributed by atoms with Crippen molar-refractivity contribution in [2.24, 2.45) is 17.4 Å². The number of nitrogens with two attached hydrogens (primary N) is 2. The Balaban J connectivity index is 2.48. The number of hydrogen-bond donors (Lipinski definition) is 3. The molecule has 7 heteroatoms. The maximum absolute atomic E-state index is 12.6. The number of ether oxygens (including phenoxy) is 2. The molecule has 0 heterocycles. The van der Waals surface area contributed by atoms with Gasteiger partial charge < -0.3 is 26.0 Å². The van der Waals surface area contributed by atoms with E-state index in [9.17, 15) is 14.7 Å². The first kappa shape index (κ1) is 22.8. The molecule has 0 aliphatic heterocycles. The number of hydrogen-bond acceptors (Lipinski definition) is 5. The van der Waals surface area contributed by atoms with Crippen LogP contribution in [0.2, 0.25) is 0 Å². The molecule has 5 N–H and O–H groups in total. The summed E-state index contributed by atoms with van der Waals surface area (Å²) in [6, 6.07) is 22.3. The van der Waals surface area contributed by atoms with Crippen LogP contribution in [-0.4, -0.2) is 31.1 Å². The Morgan fingerprint density at radius 1 is 0.750 bits per heavy atom. The number of amides is 2. The van der Waals surface area contributed by atoms with Gasteiger partial charge in [-0.2, -0.15) is 0 Å². The zero-order valence-corrected chi connectivity index (χ0v) is 17.9. The van der Waals surface area contributed by atoms with Crippen molar-refractivity contribution in [3.8, 4) is 11.5 Å². The average Bonchev–Trinajstić information content (AvgIpc) is 2.81. The second-order valence-electron chi connectivity index (χ2n) is 7.34. The van der Waals surface area contributed by atoms with E-state index in [0.29, 0.717) is 28.2 Å². The van der Waals surface area contributed by atoms with E-state index < -0.39 is 29.3 Å². The molecule has 3 rings (SSSR count). The molecule has 3 aromatic rings. The summed E-state index contributed by atoms with van der Waals surface area (Å²) in [5, 5.41) is 12.6. The van der Waals surface area contributed by atoms with E-state index in [-0.39, 0.29) is 0 Å². The standard InChI is InChI=1S/C25H26N2O5/c1-31-19-14-8-6-12-17(19)25(30,18-13-7-9-15-20(18)32-2)22(16-10-4-3-5-11-16)21(23(26)28)24(27)29/h3-15,21-22,30H,1-2H3,(H2,26,28)(H2,27,29)/t22-/m0/s1. The second-order valence-corrected chi connectivity index (χ2v) is 7.34. The molecular formula is C25H26N2O5. The van der Waals surface area contributed by atoms with Gasteiger partial charge in [-0.05, 0) is 17.7 Å². The van der Waals surface area contributed by atoms with Crippen molar-refractivity contribution < 1.29 is 24.2 Å². The van der Waals surface area contributed by atoms with Crippen molar-refractivity contribution in [3.63, 3.8) is 0 Å². The average molecular weight is 434 g/mol. The Hall–Kier alpha value is -3.84. The van der Waals surface area contributed by atoms with Gasteiger partial charge in [-0.3, -0.25) is 9.59 Å². The molecule has 0 saturated heterocycles. The maximum Gasteiger partial charge on any atom is 0.230 e. The molecule has 0 aliphatic carbocycles. The van der Waals surface area contributed by atoms with Gasteiger partial charge in [0.15, 0.2) is 0 Å². The lowest BCUT2D eigenvalue weighted by atomic mass is 9.66. The van der Waals surface area contributed by atoms with Crippen LogP contribution in [0.15, 0.2) is 78.9 Å². The summed E-state index contributed by atoms with van der Waals surface area (Å²) >= 11 is 0. The molecule has 7 nitrogen and oxygen atoms in total. The van der Waals surface area contributed by atoms with Gasteiger partial charge in [0.2, 0.25) is 11.8 Å². The highest BCUT2D eigenvalue weighted by Gasteiger charge is 2.51. The topological polar surface area (TPSA) is 125 Å². The van der Waals surface area contributed by atoms with Crippen molar-refractivity contribution in [1.82, 2.24) is 0 Å². The fraction of sp³-hybridized carbons (Fsp3) is 0.200. The van der Waals surface area contributed by atoms with Gasteiger partial charge in [0.25, 0.3) is 0 Å². The number of rotatable bonds is 9. The first-order valence-electron chi connectivity index (χ1n) is 9.99. The summed E-state index contributed by atoms with van der Waals surface area (Å²) < 4.78 is 11.1. The van der Waals surface area contributed by atoms with E-state index >= 15 is 0 Å². The first-order valence-corrected chi connectivity index (χ1v) is 9.99. The minimum Gasteiger partial charge on any atom is -0.496 e. The van der Waals surface area contributed by atoms with Gasteiger partial charge >= 0.3 is 0 Å². The molecule has 0 fully saturated rings. The minimum atomic E-state index is -1.98. The highest BCUT2D eigenvalue weighted by Crippen LogP contribution is 2.51. The Morgan fingerprint density at radius 3 is 1.56 bits per heavy atom. The van der Waals surface area contributed by atoms with Crippen molar-refractivity contribution >= 4 is 11.8 Å². The normalized spacial score (nSPS) is 12.2. The number of benzene rings is 3. The van der Waals surface area contributed by atoms with E-state index in [1.807, 2.05) is 0 Å². The molecule has 1 atom stereocenters. The molecule has 2 amide bonds. The van der Waals surface area contributed by atoms with Gasteiger partial charge in [-0.1, -0.05) is 66.7 Å². The van der Waals surface area contributed by atoms with Crippen LogP contribution in [0, 0.1) is 5.92 Å².